The first kappa shape index (κ1) is 35.4. The van der Waals surface area contributed by atoms with Gasteiger partial charge < -0.3 is 14.8 Å². The molecule has 2 aromatic carbocycles. The van der Waals surface area contributed by atoms with Crippen LogP contribution in [0.25, 0.3) is 22.3 Å². The standard InChI is InChI=1S/C39H40F2N10O3/c1-22(2)51-23(3)44-36-29(40)15-26(16-32(36)51)35-30(41)18-43-39(47-35)45-33-8-5-25(17-42-33)20-49-12-10-48(11-13-49)19-24-4-6-28-27(14-24)21-50(38(28)54)31-7-9-34(52)46-37(31)53/h4-6,8,14-18,22,31H,7,9-13,19-21H2,1-3H3,(H,46,52,53)(H,42,43,45,47). The molecule has 2 N–H and O–H groups in total. The van der Waals surface area contributed by atoms with Gasteiger partial charge in [-0.3, -0.25) is 29.5 Å². The Morgan fingerprint density at radius 3 is 2.33 bits per heavy atom. The number of rotatable bonds is 9. The molecule has 3 amide bonds. The molecule has 0 radical (unpaired) electrons. The molecular weight excluding hydrogens is 694 g/mol. The molecule has 0 spiro atoms. The lowest BCUT2D eigenvalue weighted by molar-refractivity contribution is -0.136. The highest BCUT2D eigenvalue weighted by Gasteiger charge is 2.39. The summed E-state index contributed by atoms with van der Waals surface area (Å²) in [7, 11) is 0. The van der Waals surface area contributed by atoms with E-state index in [0.29, 0.717) is 35.7 Å². The summed E-state index contributed by atoms with van der Waals surface area (Å²) in [5.41, 5.74) is 4.76. The van der Waals surface area contributed by atoms with Crippen LogP contribution >= 0.6 is 0 Å². The Morgan fingerprint density at radius 1 is 0.889 bits per heavy atom. The number of anilines is 2. The molecule has 0 saturated carbocycles. The van der Waals surface area contributed by atoms with Gasteiger partial charge in [0.2, 0.25) is 17.8 Å². The number of nitrogens with zero attached hydrogens (tertiary/aromatic N) is 8. The van der Waals surface area contributed by atoms with Crippen LogP contribution in [0.4, 0.5) is 20.5 Å². The van der Waals surface area contributed by atoms with Gasteiger partial charge in [-0.25, -0.2) is 28.7 Å². The van der Waals surface area contributed by atoms with E-state index in [1.807, 2.05) is 49.6 Å². The van der Waals surface area contributed by atoms with Crippen molar-refractivity contribution < 1.29 is 23.2 Å². The first-order chi connectivity index (χ1) is 26.0. The van der Waals surface area contributed by atoms with Crippen molar-refractivity contribution in [2.24, 2.45) is 0 Å². The minimum absolute atomic E-state index is 0.0269. The van der Waals surface area contributed by atoms with Crippen LogP contribution in [0.5, 0.6) is 0 Å². The zero-order valence-corrected chi connectivity index (χ0v) is 30.3. The maximum atomic E-state index is 15.1. The number of imidazole rings is 1. The lowest BCUT2D eigenvalue weighted by atomic mass is 10.0. The van der Waals surface area contributed by atoms with E-state index >= 15 is 4.39 Å². The summed E-state index contributed by atoms with van der Waals surface area (Å²) in [5.74, 6) is -0.773. The van der Waals surface area contributed by atoms with Gasteiger partial charge in [0.05, 0.1) is 11.7 Å². The summed E-state index contributed by atoms with van der Waals surface area (Å²) in [6.45, 7) is 11.2. The van der Waals surface area contributed by atoms with Crippen LogP contribution in [0.3, 0.4) is 0 Å². The molecule has 8 rings (SSSR count). The molecule has 3 aliphatic rings. The van der Waals surface area contributed by atoms with Crippen molar-refractivity contribution >= 4 is 40.5 Å². The number of piperidine rings is 1. The second-order valence-corrected chi connectivity index (χ2v) is 14.5. The number of piperazine rings is 1. The average Bonchev–Trinajstić information content (AvgIpc) is 3.66. The zero-order chi connectivity index (χ0) is 37.7. The second kappa shape index (κ2) is 14.3. The number of nitrogens with one attached hydrogen (secondary N) is 2. The molecule has 2 saturated heterocycles. The highest BCUT2D eigenvalue weighted by atomic mass is 19.1. The molecule has 2 fully saturated rings. The smallest absolute Gasteiger partial charge is 0.255 e. The number of pyridine rings is 1. The first-order valence-electron chi connectivity index (χ1n) is 18.1. The molecule has 0 aliphatic carbocycles. The SMILES string of the molecule is Cc1nc2c(F)cc(-c3nc(Nc4ccc(CN5CCN(Cc6ccc7c(c6)CN(C6CCC(=O)NC6=O)C7=O)CC5)cn4)ncc3F)cc2n1C(C)C. The quantitative estimate of drug-likeness (QED) is 0.202. The van der Waals surface area contributed by atoms with Crippen molar-refractivity contribution in [3.63, 3.8) is 0 Å². The van der Waals surface area contributed by atoms with Gasteiger partial charge in [-0.2, -0.15) is 0 Å². The predicted octanol–water partition coefficient (Wildman–Crippen LogP) is 4.88. The van der Waals surface area contributed by atoms with Gasteiger partial charge in [0.15, 0.2) is 11.6 Å². The molecule has 6 heterocycles. The van der Waals surface area contributed by atoms with Gasteiger partial charge in [-0.15, -0.1) is 0 Å². The van der Waals surface area contributed by atoms with Crippen molar-refractivity contribution in [1.29, 1.82) is 0 Å². The van der Waals surface area contributed by atoms with E-state index in [1.54, 1.807) is 17.2 Å². The van der Waals surface area contributed by atoms with E-state index in [0.717, 1.165) is 62.2 Å². The highest BCUT2D eigenvalue weighted by molar-refractivity contribution is 6.05. The summed E-state index contributed by atoms with van der Waals surface area (Å²) in [5, 5.41) is 5.40. The van der Waals surface area contributed by atoms with Gasteiger partial charge in [0, 0.05) is 75.6 Å². The molecular formula is C39H40F2N10O3. The Kier molecular flexibility index (Phi) is 9.36. The Morgan fingerprint density at radius 2 is 1.63 bits per heavy atom. The summed E-state index contributed by atoms with van der Waals surface area (Å²) in [6.07, 6.45) is 3.44. The van der Waals surface area contributed by atoms with Gasteiger partial charge >= 0.3 is 0 Å². The summed E-state index contributed by atoms with van der Waals surface area (Å²) in [4.78, 5) is 60.8. The van der Waals surface area contributed by atoms with Crippen molar-refractivity contribution in [1.82, 2.24) is 44.5 Å². The normalized spacial score (nSPS) is 18.1. The Bertz CT molecular complexity index is 2290. The number of imide groups is 1. The fraction of sp³-hybridized carbons (Fsp3) is 0.359. The fourth-order valence-electron chi connectivity index (χ4n) is 7.74. The van der Waals surface area contributed by atoms with E-state index in [-0.39, 0.29) is 47.0 Å². The van der Waals surface area contributed by atoms with Gasteiger partial charge in [-0.05, 0) is 68.1 Å². The maximum absolute atomic E-state index is 15.1. The van der Waals surface area contributed by atoms with Crippen LogP contribution in [0.1, 0.15) is 65.6 Å². The number of hydrogen-bond acceptors (Lipinski definition) is 10. The van der Waals surface area contributed by atoms with Gasteiger partial charge in [-0.1, -0.05) is 18.2 Å². The van der Waals surface area contributed by atoms with Gasteiger partial charge in [0.25, 0.3) is 5.91 Å². The van der Waals surface area contributed by atoms with Crippen molar-refractivity contribution in [2.75, 3.05) is 31.5 Å². The van der Waals surface area contributed by atoms with Crippen LogP contribution < -0.4 is 10.6 Å². The largest absolute Gasteiger partial charge is 0.326 e. The van der Waals surface area contributed by atoms with Crippen LogP contribution in [-0.4, -0.2) is 89.1 Å². The van der Waals surface area contributed by atoms with Crippen LogP contribution in [-0.2, 0) is 29.2 Å². The summed E-state index contributed by atoms with van der Waals surface area (Å²) in [6, 6.07) is 12.1. The molecule has 1 atom stereocenters. The van der Waals surface area contributed by atoms with Crippen molar-refractivity contribution in [3.05, 3.63) is 94.6 Å². The number of amides is 3. The minimum atomic E-state index is -0.669. The zero-order valence-electron chi connectivity index (χ0n) is 30.3. The van der Waals surface area contributed by atoms with Crippen molar-refractivity contribution in [2.45, 2.75) is 65.3 Å². The number of carbonyl (C=O) groups excluding carboxylic acids is 3. The second-order valence-electron chi connectivity index (χ2n) is 14.5. The van der Waals surface area contributed by atoms with Crippen LogP contribution in [0.2, 0.25) is 0 Å². The minimum Gasteiger partial charge on any atom is -0.326 e. The van der Waals surface area contributed by atoms with E-state index in [1.165, 1.54) is 6.07 Å². The molecule has 3 aliphatic heterocycles. The Hall–Kier alpha value is -5.67. The topological polar surface area (TPSA) is 141 Å². The first-order valence-corrected chi connectivity index (χ1v) is 18.1. The van der Waals surface area contributed by atoms with Crippen LogP contribution in [0.15, 0.2) is 54.9 Å². The molecule has 3 aromatic heterocycles. The fourth-order valence-corrected chi connectivity index (χ4v) is 7.74. The van der Waals surface area contributed by atoms with Gasteiger partial charge in [0.1, 0.15) is 28.9 Å². The van der Waals surface area contributed by atoms with E-state index in [2.05, 4.69) is 46.4 Å². The molecule has 15 heteroatoms. The Balaban J connectivity index is 0.855. The number of benzene rings is 2. The number of hydrogen-bond donors (Lipinski definition) is 2. The van der Waals surface area contributed by atoms with E-state index < -0.39 is 23.6 Å². The third kappa shape index (κ3) is 6.92. The number of aromatic nitrogens is 5. The van der Waals surface area contributed by atoms with Crippen molar-refractivity contribution in [3.8, 4) is 11.3 Å². The number of fused-ring (bicyclic) bond motifs is 2. The molecule has 1 unspecified atom stereocenters. The monoisotopic (exact) mass is 734 g/mol. The van der Waals surface area contributed by atoms with E-state index in [9.17, 15) is 18.8 Å². The third-order valence-electron chi connectivity index (χ3n) is 10.4. The molecule has 0 bridgehead atoms. The molecule has 13 nitrogen and oxygen atoms in total. The Labute approximate surface area is 310 Å². The maximum Gasteiger partial charge on any atom is 0.255 e. The average molecular weight is 735 g/mol. The number of halogens is 2. The predicted molar refractivity (Wildman–Crippen MR) is 196 cm³/mol. The molecule has 54 heavy (non-hydrogen) atoms. The van der Waals surface area contributed by atoms with Crippen LogP contribution in [0, 0.1) is 18.6 Å². The summed E-state index contributed by atoms with van der Waals surface area (Å²) < 4.78 is 32.0. The molecule has 5 aromatic rings. The lowest BCUT2D eigenvalue weighted by Gasteiger charge is -2.34. The molecule has 278 valence electrons. The summed E-state index contributed by atoms with van der Waals surface area (Å²) >= 11 is 0. The number of carbonyl (C=O) groups is 3. The lowest BCUT2D eigenvalue weighted by Crippen LogP contribution is -2.52. The third-order valence-corrected chi connectivity index (χ3v) is 10.4. The van der Waals surface area contributed by atoms with E-state index in [4.69, 9.17) is 0 Å². The number of aryl methyl sites for hydroxylation is 1. The highest BCUT2D eigenvalue weighted by Crippen LogP contribution is 2.31.